The number of carbonyl (C=O) groups is 5. The number of hydrogen-bond donors (Lipinski definition) is 1. The van der Waals surface area contributed by atoms with Gasteiger partial charge in [-0.15, -0.1) is 0 Å². The van der Waals surface area contributed by atoms with Gasteiger partial charge in [0, 0.05) is 6.07 Å². The van der Waals surface area contributed by atoms with Crippen molar-refractivity contribution in [3.8, 4) is 23.0 Å². The maximum Gasteiger partial charge on any atom is 0.343 e. The molecular formula is C35H22O10. The van der Waals surface area contributed by atoms with E-state index in [1.807, 2.05) is 0 Å². The number of esters is 4. The van der Waals surface area contributed by atoms with Gasteiger partial charge < -0.3 is 24.1 Å². The van der Waals surface area contributed by atoms with Crippen LogP contribution in [0.5, 0.6) is 23.0 Å². The normalized spacial score (nSPS) is 10.3. The monoisotopic (exact) mass is 602 g/mol. The summed E-state index contributed by atoms with van der Waals surface area (Å²) in [6, 6.07) is 31.3. The number of benzene rings is 5. The van der Waals surface area contributed by atoms with Crippen LogP contribution in [0, 0.1) is 0 Å². The Balaban J connectivity index is 1.23. The molecule has 10 heteroatoms. The molecule has 0 fully saturated rings. The van der Waals surface area contributed by atoms with Gasteiger partial charge in [-0.2, -0.15) is 0 Å². The SMILES string of the molecule is O=C(O)c1cc(OC(=O)c2ccc(OC(=O)c3ccccc3)cc2)cc(OC(=O)c2ccc(OC(=O)c3ccccc3)cc2)c1. The summed E-state index contributed by atoms with van der Waals surface area (Å²) in [5, 5.41) is 9.54. The van der Waals surface area contributed by atoms with Crippen LogP contribution >= 0.6 is 0 Å². The van der Waals surface area contributed by atoms with Crippen LogP contribution in [-0.4, -0.2) is 35.0 Å². The zero-order valence-corrected chi connectivity index (χ0v) is 23.2. The largest absolute Gasteiger partial charge is 0.478 e. The summed E-state index contributed by atoms with van der Waals surface area (Å²) in [5.41, 5.74) is 0.590. The molecule has 0 aliphatic heterocycles. The average Bonchev–Trinajstić information content (AvgIpc) is 3.06. The maximum atomic E-state index is 12.8. The van der Waals surface area contributed by atoms with E-state index in [2.05, 4.69) is 0 Å². The molecule has 0 radical (unpaired) electrons. The van der Waals surface area contributed by atoms with Crippen LogP contribution in [0.1, 0.15) is 51.8 Å². The van der Waals surface area contributed by atoms with Crippen molar-refractivity contribution in [3.63, 3.8) is 0 Å². The number of ether oxygens (including phenoxy) is 4. The first kappa shape index (κ1) is 29.9. The van der Waals surface area contributed by atoms with Crippen LogP contribution in [0.4, 0.5) is 0 Å². The highest BCUT2D eigenvalue weighted by atomic mass is 16.6. The third kappa shape index (κ3) is 7.85. The van der Waals surface area contributed by atoms with Gasteiger partial charge in [0.2, 0.25) is 0 Å². The fourth-order valence-electron chi connectivity index (χ4n) is 3.94. The zero-order chi connectivity index (χ0) is 31.8. The van der Waals surface area contributed by atoms with E-state index in [0.29, 0.717) is 11.1 Å². The molecule has 0 atom stereocenters. The molecular weight excluding hydrogens is 580 g/mol. The van der Waals surface area contributed by atoms with Crippen molar-refractivity contribution >= 4 is 29.8 Å². The molecule has 0 aliphatic rings. The molecule has 0 spiro atoms. The highest BCUT2D eigenvalue weighted by Crippen LogP contribution is 2.26. The molecule has 5 aromatic carbocycles. The quantitative estimate of drug-likeness (QED) is 0.152. The molecule has 0 aliphatic carbocycles. The highest BCUT2D eigenvalue weighted by molar-refractivity contribution is 5.95. The zero-order valence-electron chi connectivity index (χ0n) is 23.2. The third-order valence-corrected chi connectivity index (χ3v) is 6.17. The fraction of sp³-hybridized carbons (Fsp3) is 0. The third-order valence-electron chi connectivity index (χ3n) is 6.17. The molecule has 222 valence electrons. The van der Waals surface area contributed by atoms with Gasteiger partial charge in [-0.3, -0.25) is 0 Å². The standard InChI is InChI=1S/C35H22O10/c36-31(37)26-19-29(44-34(40)24-11-15-27(16-12-24)42-32(38)22-7-3-1-4-8-22)21-30(20-26)45-35(41)25-13-17-28(18-14-25)43-33(39)23-9-5-2-6-10-23/h1-21H,(H,36,37). The van der Waals surface area contributed by atoms with Crippen LogP contribution in [-0.2, 0) is 0 Å². The van der Waals surface area contributed by atoms with Crippen LogP contribution in [0.2, 0.25) is 0 Å². The Morgan fingerprint density at radius 1 is 0.356 bits per heavy atom. The number of carboxylic acid groups (broad SMARTS) is 1. The van der Waals surface area contributed by atoms with E-state index in [1.54, 1.807) is 60.7 Å². The van der Waals surface area contributed by atoms with Gasteiger partial charge in [-0.1, -0.05) is 36.4 Å². The van der Waals surface area contributed by atoms with Crippen LogP contribution in [0.15, 0.2) is 127 Å². The van der Waals surface area contributed by atoms with Crippen LogP contribution in [0.25, 0.3) is 0 Å². The van der Waals surface area contributed by atoms with Gasteiger partial charge >= 0.3 is 29.8 Å². The predicted molar refractivity (Wildman–Crippen MR) is 159 cm³/mol. The van der Waals surface area contributed by atoms with E-state index in [9.17, 15) is 29.1 Å². The summed E-state index contributed by atoms with van der Waals surface area (Å²) in [6.45, 7) is 0. The summed E-state index contributed by atoms with van der Waals surface area (Å²) in [5.74, 6) is -4.14. The lowest BCUT2D eigenvalue weighted by Gasteiger charge is -2.10. The van der Waals surface area contributed by atoms with Crippen molar-refractivity contribution in [3.05, 3.63) is 155 Å². The van der Waals surface area contributed by atoms with Crippen molar-refractivity contribution in [1.29, 1.82) is 0 Å². The Kier molecular flexibility index (Phi) is 9.05. The number of carbonyl (C=O) groups excluding carboxylic acids is 4. The second-order valence-electron chi connectivity index (χ2n) is 9.34. The van der Waals surface area contributed by atoms with Gasteiger partial charge in [0.1, 0.15) is 23.0 Å². The molecule has 0 saturated carbocycles. The van der Waals surface area contributed by atoms with E-state index in [0.717, 1.165) is 12.1 Å². The molecule has 45 heavy (non-hydrogen) atoms. The van der Waals surface area contributed by atoms with Gasteiger partial charge in [0.05, 0.1) is 27.8 Å². The summed E-state index contributed by atoms with van der Waals surface area (Å²) < 4.78 is 21.3. The molecule has 0 unspecified atom stereocenters. The Bertz CT molecular complexity index is 1740. The second kappa shape index (κ2) is 13.6. The summed E-state index contributed by atoms with van der Waals surface area (Å²) in [7, 11) is 0. The first-order valence-corrected chi connectivity index (χ1v) is 13.3. The average molecular weight is 603 g/mol. The van der Waals surface area contributed by atoms with E-state index in [-0.39, 0.29) is 39.7 Å². The van der Waals surface area contributed by atoms with E-state index >= 15 is 0 Å². The maximum absolute atomic E-state index is 12.8. The highest BCUT2D eigenvalue weighted by Gasteiger charge is 2.17. The minimum absolute atomic E-state index is 0.0850. The number of rotatable bonds is 9. The van der Waals surface area contributed by atoms with Crippen molar-refractivity contribution < 1.29 is 48.0 Å². The molecule has 0 saturated heterocycles. The van der Waals surface area contributed by atoms with Gasteiger partial charge in [0.25, 0.3) is 0 Å². The fourth-order valence-corrected chi connectivity index (χ4v) is 3.94. The topological polar surface area (TPSA) is 143 Å². The number of carboxylic acids is 1. The molecule has 5 aromatic rings. The first-order valence-electron chi connectivity index (χ1n) is 13.3. The van der Waals surface area contributed by atoms with E-state index < -0.39 is 29.8 Å². The molecule has 10 nitrogen and oxygen atoms in total. The van der Waals surface area contributed by atoms with Crippen LogP contribution in [0.3, 0.4) is 0 Å². The van der Waals surface area contributed by atoms with E-state index in [1.165, 1.54) is 54.6 Å². The Hall–Kier alpha value is -6.55. The summed E-state index contributed by atoms with van der Waals surface area (Å²) >= 11 is 0. The summed E-state index contributed by atoms with van der Waals surface area (Å²) in [4.78, 5) is 61.8. The van der Waals surface area contributed by atoms with Crippen molar-refractivity contribution in [2.24, 2.45) is 0 Å². The molecule has 0 heterocycles. The lowest BCUT2D eigenvalue weighted by atomic mass is 10.2. The molecule has 5 rings (SSSR count). The Morgan fingerprint density at radius 2 is 0.667 bits per heavy atom. The van der Waals surface area contributed by atoms with Crippen LogP contribution < -0.4 is 18.9 Å². The lowest BCUT2D eigenvalue weighted by Crippen LogP contribution is -2.12. The second-order valence-corrected chi connectivity index (χ2v) is 9.34. The van der Waals surface area contributed by atoms with Crippen molar-refractivity contribution in [1.82, 2.24) is 0 Å². The molecule has 0 aromatic heterocycles. The minimum atomic E-state index is -1.35. The van der Waals surface area contributed by atoms with Crippen molar-refractivity contribution in [2.75, 3.05) is 0 Å². The number of hydrogen-bond acceptors (Lipinski definition) is 9. The summed E-state index contributed by atoms with van der Waals surface area (Å²) in [6.07, 6.45) is 0. The first-order chi connectivity index (χ1) is 21.7. The predicted octanol–water partition coefficient (Wildman–Crippen LogP) is 6.26. The molecule has 0 amide bonds. The molecule has 0 bridgehead atoms. The Labute approximate surface area is 256 Å². The van der Waals surface area contributed by atoms with Gasteiger partial charge in [-0.25, -0.2) is 24.0 Å². The van der Waals surface area contributed by atoms with Crippen molar-refractivity contribution in [2.45, 2.75) is 0 Å². The lowest BCUT2D eigenvalue weighted by molar-refractivity contribution is 0.0679. The van der Waals surface area contributed by atoms with Gasteiger partial charge in [-0.05, 0) is 84.9 Å². The number of aromatic carboxylic acids is 1. The minimum Gasteiger partial charge on any atom is -0.478 e. The Morgan fingerprint density at radius 3 is 1.00 bits per heavy atom. The molecule has 1 N–H and O–H groups in total. The smallest absolute Gasteiger partial charge is 0.343 e. The van der Waals surface area contributed by atoms with E-state index in [4.69, 9.17) is 18.9 Å². The van der Waals surface area contributed by atoms with Gasteiger partial charge in [0.15, 0.2) is 0 Å².